The van der Waals surface area contributed by atoms with Crippen molar-refractivity contribution in [1.29, 1.82) is 0 Å². The molecule has 3 aliphatic rings. The summed E-state index contributed by atoms with van der Waals surface area (Å²) in [6.45, 7) is 10.2. The van der Waals surface area contributed by atoms with Crippen LogP contribution in [0.4, 0.5) is 0 Å². The summed E-state index contributed by atoms with van der Waals surface area (Å²) >= 11 is 8.27. The van der Waals surface area contributed by atoms with Crippen LogP contribution in [-0.2, 0) is 29.0 Å². The highest BCUT2D eigenvalue weighted by Crippen LogP contribution is 2.63. The van der Waals surface area contributed by atoms with Crippen molar-refractivity contribution < 1.29 is 14.3 Å². The van der Waals surface area contributed by atoms with E-state index in [0.717, 1.165) is 75.6 Å². The van der Waals surface area contributed by atoms with E-state index in [1.807, 2.05) is 26.0 Å². The first-order valence-corrected chi connectivity index (χ1v) is 14.3. The quantitative estimate of drug-likeness (QED) is 0.336. The van der Waals surface area contributed by atoms with E-state index in [2.05, 4.69) is 24.1 Å². The maximum atomic E-state index is 12.9. The molecule has 1 N–H and O–H groups in total. The third kappa shape index (κ3) is 3.87. The van der Waals surface area contributed by atoms with E-state index in [1.165, 1.54) is 4.90 Å². The molecule has 3 aromatic heterocycles. The van der Waals surface area contributed by atoms with E-state index in [-0.39, 0.29) is 41.7 Å². The Balaban J connectivity index is 1.41. The fourth-order valence-electron chi connectivity index (χ4n) is 6.13. The van der Waals surface area contributed by atoms with Crippen LogP contribution in [0.1, 0.15) is 50.1 Å². The molecule has 0 radical (unpaired) electrons. The van der Waals surface area contributed by atoms with Crippen molar-refractivity contribution >= 4 is 45.0 Å². The molecule has 1 aliphatic carbocycles. The number of carbonyl (C=O) groups is 2. The largest absolute Gasteiger partial charge is 0.486 e. The average Bonchev–Trinajstić information content (AvgIpc) is 3.32. The topological polar surface area (TPSA) is 84.4 Å². The summed E-state index contributed by atoms with van der Waals surface area (Å²) < 4.78 is 7.56. The number of hydrogen-bond donors (Lipinski definition) is 1. The van der Waals surface area contributed by atoms with Crippen LogP contribution in [0.2, 0.25) is 5.15 Å². The highest BCUT2D eigenvalue weighted by atomic mass is 35.5. The van der Waals surface area contributed by atoms with Gasteiger partial charge in [0.1, 0.15) is 22.7 Å². The van der Waals surface area contributed by atoms with Gasteiger partial charge in [0.15, 0.2) is 0 Å². The second-order valence-corrected chi connectivity index (χ2v) is 12.3. The van der Waals surface area contributed by atoms with E-state index in [4.69, 9.17) is 21.3 Å². The third-order valence-corrected chi connectivity index (χ3v) is 9.70. The van der Waals surface area contributed by atoms with E-state index >= 15 is 0 Å². The maximum Gasteiger partial charge on any atom is 0.234 e. The summed E-state index contributed by atoms with van der Waals surface area (Å²) in [5.74, 6) is 0.338. The highest BCUT2D eigenvalue weighted by Gasteiger charge is 2.72. The summed E-state index contributed by atoms with van der Waals surface area (Å²) in [5.41, 5.74) is 4.36. The Morgan fingerprint density at radius 2 is 1.92 bits per heavy atom. The first-order chi connectivity index (χ1) is 17.8. The van der Waals surface area contributed by atoms with Crippen molar-refractivity contribution in [3.05, 3.63) is 39.5 Å². The fraction of sp³-hybridized carbons (Fsp3) is 0.500. The first kappa shape index (κ1) is 24.8. The van der Waals surface area contributed by atoms with Crippen LogP contribution < -0.4 is 10.1 Å². The number of likely N-dealkylation sites (tertiary alicyclic amines) is 1. The summed E-state index contributed by atoms with van der Waals surface area (Å²) in [5, 5.41) is 3.88. The SMILES string of the molecule is CCc1c(Cl)nc(-c2ccnc3cc(CN4C(=O)C5C(C4=O)C5(C)C)sc23)c(OC2CCNC2)c1CC. The Hall–Kier alpha value is -2.55. The third-order valence-electron chi connectivity index (χ3n) is 8.24. The number of ether oxygens (including phenoxy) is 1. The second kappa shape index (κ2) is 9.03. The van der Waals surface area contributed by atoms with Gasteiger partial charge in [-0.15, -0.1) is 11.3 Å². The number of imide groups is 1. The van der Waals surface area contributed by atoms with E-state index in [1.54, 1.807) is 17.5 Å². The van der Waals surface area contributed by atoms with Gasteiger partial charge in [-0.1, -0.05) is 39.3 Å². The second-order valence-electron chi connectivity index (χ2n) is 10.8. The van der Waals surface area contributed by atoms with Crippen LogP contribution in [-0.4, -0.2) is 45.9 Å². The molecule has 3 unspecified atom stereocenters. The van der Waals surface area contributed by atoms with Gasteiger partial charge in [0.25, 0.3) is 0 Å². The molecule has 2 amide bonds. The molecule has 0 spiro atoms. The normalized spacial score (nSPS) is 24.2. The lowest BCUT2D eigenvalue weighted by Crippen LogP contribution is -2.35. The molecule has 0 aromatic carbocycles. The van der Waals surface area contributed by atoms with Crippen molar-refractivity contribution in [3.8, 4) is 17.0 Å². The molecule has 5 heterocycles. The Morgan fingerprint density at radius 1 is 1.19 bits per heavy atom. The van der Waals surface area contributed by atoms with E-state index < -0.39 is 0 Å². The van der Waals surface area contributed by atoms with Gasteiger partial charge in [-0.25, -0.2) is 4.98 Å². The molecule has 2 saturated heterocycles. The van der Waals surface area contributed by atoms with Crippen LogP contribution in [0.15, 0.2) is 18.3 Å². The van der Waals surface area contributed by atoms with Crippen molar-refractivity contribution in [2.45, 2.75) is 59.6 Å². The van der Waals surface area contributed by atoms with Gasteiger partial charge in [0, 0.05) is 28.7 Å². The predicted octanol–water partition coefficient (Wildman–Crippen LogP) is 5.02. The minimum absolute atomic E-state index is 0.0531. The van der Waals surface area contributed by atoms with Crippen LogP contribution in [0.3, 0.4) is 0 Å². The van der Waals surface area contributed by atoms with Crippen molar-refractivity contribution in [2.24, 2.45) is 17.3 Å². The zero-order chi connectivity index (χ0) is 26.1. The molecule has 1 saturated carbocycles. The number of amides is 2. The molecule has 3 atom stereocenters. The van der Waals surface area contributed by atoms with Crippen LogP contribution >= 0.6 is 22.9 Å². The number of rotatable bonds is 7. The van der Waals surface area contributed by atoms with E-state index in [9.17, 15) is 9.59 Å². The predicted molar refractivity (Wildman–Crippen MR) is 145 cm³/mol. The Morgan fingerprint density at radius 3 is 2.57 bits per heavy atom. The molecule has 3 fully saturated rings. The standard InChI is InChI=1S/C28H31ClN4O3S/c1-5-16-17(6-2)25(29)32-22(23(16)36-14-7-9-30-12-14)18-8-10-31-19-11-15(37-24(18)19)13-33-26(34)20-21(27(33)35)28(20,3)4/h8,10-11,14,20-21,30H,5-7,9,12-13H2,1-4H3. The van der Waals surface area contributed by atoms with Gasteiger partial charge in [0.05, 0.1) is 28.6 Å². The smallest absolute Gasteiger partial charge is 0.234 e. The molecule has 2 aliphatic heterocycles. The Labute approximate surface area is 225 Å². The molecule has 6 rings (SSSR count). The molecular formula is C28H31ClN4O3S. The zero-order valence-corrected chi connectivity index (χ0v) is 23.1. The van der Waals surface area contributed by atoms with Gasteiger partial charge in [-0.05, 0) is 48.9 Å². The molecule has 0 bridgehead atoms. The number of nitrogens with one attached hydrogen (secondary N) is 1. The molecular weight excluding hydrogens is 508 g/mol. The lowest BCUT2D eigenvalue weighted by Gasteiger charge is -2.22. The summed E-state index contributed by atoms with van der Waals surface area (Å²) in [7, 11) is 0. The lowest BCUT2D eigenvalue weighted by molar-refractivity contribution is -0.143. The monoisotopic (exact) mass is 538 g/mol. The number of aromatic nitrogens is 2. The number of halogens is 1. The fourth-order valence-corrected chi connectivity index (χ4v) is 7.58. The summed E-state index contributed by atoms with van der Waals surface area (Å²) in [6.07, 6.45) is 4.36. The molecule has 7 nitrogen and oxygen atoms in total. The number of hydrogen-bond acceptors (Lipinski definition) is 7. The lowest BCUT2D eigenvalue weighted by atomic mass is 10.00. The van der Waals surface area contributed by atoms with Gasteiger partial charge in [-0.2, -0.15) is 0 Å². The Bertz CT molecular complexity index is 1400. The molecule has 37 heavy (non-hydrogen) atoms. The number of fused-ring (bicyclic) bond motifs is 2. The maximum absolute atomic E-state index is 12.9. The number of piperidine rings is 1. The molecule has 194 valence electrons. The van der Waals surface area contributed by atoms with Gasteiger partial charge in [-0.3, -0.25) is 19.5 Å². The number of thiophene rings is 1. The van der Waals surface area contributed by atoms with Crippen LogP contribution in [0.25, 0.3) is 21.5 Å². The van der Waals surface area contributed by atoms with Crippen molar-refractivity contribution in [2.75, 3.05) is 13.1 Å². The van der Waals surface area contributed by atoms with Gasteiger partial charge in [0.2, 0.25) is 11.8 Å². The summed E-state index contributed by atoms with van der Waals surface area (Å²) in [6, 6.07) is 3.93. The zero-order valence-electron chi connectivity index (χ0n) is 21.6. The number of carbonyl (C=O) groups excluding carboxylic acids is 2. The first-order valence-electron chi connectivity index (χ1n) is 13.1. The van der Waals surface area contributed by atoms with Crippen molar-refractivity contribution in [1.82, 2.24) is 20.2 Å². The van der Waals surface area contributed by atoms with Gasteiger partial charge < -0.3 is 10.1 Å². The van der Waals surface area contributed by atoms with Crippen LogP contribution in [0.5, 0.6) is 5.75 Å². The Kier molecular flexibility index (Phi) is 6.05. The number of pyridine rings is 2. The van der Waals surface area contributed by atoms with Crippen molar-refractivity contribution in [3.63, 3.8) is 0 Å². The molecule has 9 heteroatoms. The minimum Gasteiger partial charge on any atom is -0.486 e. The van der Waals surface area contributed by atoms with Crippen LogP contribution in [0, 0.1) is 17.3 Å². The summed E-state index contributed by atoms with van der Waals surface area (Å²) in [4.78, 5) is 37.6. The number of nitrogens with zero attached hydrogens (tertiary/aromatic N) is 3. The van der Waals surface area contributed by atoms with E-state index in [0.29, 0.717) is 5.15 Å². The highest BCUT2D eigenvalue weighted by molar-refractivity contribution is 7.19. The minimum atomic E-state index is -0.211. The average molecular weight is 539 g/mol. The van der Waals surface area contributed by atoms with Gasteiger partial charge >= 0.3 is 0 Å². The molecule has 3 aromatic rings.